The van der Waals surface area contributed by atoms with Gasteiger partial charge in [0, 0.05) is 24.8 Å². The normalized spacial score (nSPS) is 21.0. The maximum absolute atomic E-state index is 3.36. The fourth-order valence-electron chi connectivity index (χ4n) is 2.50. The maximum atomic E-state index is 3.36. The van der Waals surface area contributed by atoms with Gasteiger partial charge in [0.1, 0.15) is 0 Å². The Balaban J connectivity index is 2.23. The van der Waals surface area contributed by atoms with E-state index in [1.54, 1.807) is 0 Å². The molecule has 0 radical (unpaired) electrons. The van der Waals surface area contributed by atoms with Gasteiger partial charge in [-0.3, -0.25) is 0 Å². The lowest BCUT2D eigenvalue weighted by Crippen LogP contribution is -2.30. The molecule has 1 unspecified atom stereocenters. The lowest BCUT2D eigenvalue weighted by molar-refractivity contribution is 0.617. The highest BCUT2D eigenvalue weighted by molar-refractivity contribution is 5.59. The van der Waals surface area contributed by atoms with Gasteiger partial charge in [-0.15, -0.1) is 0 Å². The van der Waals surface area contributed by atoms with Crippen LogP contribution in [0.15, 0.2) is 18.2 Å². The highest BCUT2D eigenvalue weighted by Crippen LogP contribution is 2.27. The zero-order valence-corrected chi connectivity index (χ0v) is 9.88. The van der Waals surface area contributed by atoms with Gasteiger partial charge in [-0.2, -0.15) is 0 Å². The third-order valence-electron chi connectivity index (χ3n) is 3.35. The first-order chi connectivity index (χ1) is 7.22. The molecule has 2 heteroatoms. The first-order valence-electron chi connectivity index (χ1n) is 5.71. The molecule has 2 nitrogen and oxygen atoms in total. The van der Waals surface area contributed by atoms with E-state index in [-0.39, 0.29) is 0 Å². The second kappa shape index (κ2) is 4.23. The number of nitrogens with zero attached hydrogens (tertiary/aromatic N) is 1. The van der Waals surface area contributed by atoms with Crippen molar-refractivity contribution in [1.29, 1.82) is 0 Å². The molecule has 82 valence electrons. The number of anilines is 1. The van der Waals surface area contributed by atoms with Crippen molar-refractivity contribution in [3.05, 3.63) is 29.3 Å². The van der Waals surface area contributed by atoms with Gasteiger partial charge in [-0.05, 0) is 38.4 Å². The molecule has 1 aromatic carbocycles. The topological polar surface area (TPSA) is 15.3 Å². The minimum absolute atomic E-state index is 0.656. The number of rotatable bonds is 2. The smallest absolute Gasteiger partial charge is 0.0426 e. The van der Waals surface area contributed by atoms with E-state index in [1.165, 1.54) is 29.8 Å². The van der Waals surface area contributed by atoms with Crippen LogP contribution in [0.1, 0.15) is 17.5 Å². The molecule has 1 N–H and O–H groups in total. The molecule has 1 heterocycles. The van der Waals surface area contributed by atoms with Crippen LogP contribution in [0.25, 0.3) is 0 Å². The summed E-state index contributed by atoms with van der Waals surface area (Å²) in [6, 6.07) is 7.20. The first kappa shape index (κ1) is 10.5. The second-order valence-corrected chi connectivity index (χ2v) is 4.46. The fourth-order valence-corrected chi connectivity index (χ4v) is 2.50. The van der Waals surface area contributed by atoms with Crippen molar-refractivity contribution in [2.75, 3.05) is 25.0 Å². The molecule has 1 atom stereocenters. The van der Waals surface area contributed by atoms with Gasteiger partial charge in [0.15, 0.2) is 0 Å². The van der Waals surface area contributed by atoms with E-state index in [2.05, 4.69) is 49.3 Å². The number of hydrogen-bond donors (Lipinski definition) is 1. The van der Waals surface area contributed by atoms with Gasteiger partial charge >= 0.3 is 0 Å². The van der Waals surface area contributed by atoms with Crippen molar-refractivity contribution in [3.63, 3.8) is 0 Å². The summed E-state index contributed by atoms with van der Waals surface area (Å²) in [4.78, 5) is 2.51. The highest BCUT2D eigenvalue weighted by Gasteiger charge is 2.22. The van der Waals surface area contributed by atoms with Crippen molar-refractivity contribution < 1.29 is 0 Å². The Labute approximate surface area is 92.3 Å². The zero-order valence-electron chi connectivity index (χ0n) is 9.88. The van der Waals surface area contributed by atoms with E-state index in [0.717, 1.165) is 6.54 Å². The van der Waals surface area contributed by atoms with Gasteiger partial charge < -0.3 is 10.2 Å². The third-order valence-corrected chi connectivity index (χ3v) is 3.35. The molecule has 1 aliphatic heterocycles. The number of benzene rings is 1. The zero-order chi connectivity index (χ0) is 10.8. The number of likely N-dealkylation sites (N-methyl/N-ethyl adjacent to an activating group) is 1. The SMILES string of the molecule is CNC1CCN(c2c(C)cccc2C)C1. The van der Waals surface area contributed by atoms with Crippen LogP contribution < -0.4 is 10.2 Å². The molecule has 0 aliphatic carbocycles. The first-order valence-corrected chi connectivity index (χ1v) is 5.71. The summed E-state index contributed by atoms with van der Waals surface area (Å²) in [5, 5.41) is 3.36. The Morgan fingerprint density at radius 2 is 1.93 bits per heavy atom. The molecule has 0 bridgehead atoms. The van der Waals surface area contributed by atoms with Crippen molar-refractivity contribution in [3.8, 4) is 0 Å². The van der Waals surface area contributed by atoms with Gasteiger partial charge in [-0.25, -0.2) is 0 Å². The minimum Gasteiger partial charge on any atom is -0.369 e. The van der Waals surface area contributed by atoms with Crippen LogP contribution in [0.5, 0.6) is 0 Å². The van der Waals surface area contributed by atoms with Crippen molar-refractivity contribution in [2.24, 2.45) is 0 Å². The monoisotopic (exact) mass is 204 g/mol. The van der Waals surface area contributed by atoms with Gasteiger partial charge in [0.25, 0.3) is 0 Å². The molecular formula is C13H20N2. The number of para-hydroxylation sites is 1. The lowest BCUT2D eigenvalue weighted by Gasteiger charge is -2.23. The Morgan fingerprint density at radius 1 is 1.27 bits per heavy atom. The highest BCUT2D eigenvalue weighted by atomic mass is 15.2. The molecule has 1 aliphatic rings. The average Bonchev–Trinajstić information content (AvgIpc) is 2.66. The molecule has 1 aromatic rings. The fraction of sp³-hybridized carbons (Fsp3) is 0.538. The van der Waals surface area contributed by atoms with E-state index >= 15 is 0 Å². The Morgan fingerprint density at radius 3 is 2.47 bits per heavy atom. The van der Waals surface area contributed by atoms with E-state index in [9.17, 15) is 0 Å². The van der Waals surface area contributed by atoms with Crippen LogP contribution in [-0.2, 0) is 0 Å². The van der Waals surface area contributed by atoms with Crippen molar-refractivity contribution in [1.82, 2.24) is 5.32 Å². The summed E-state index contributed by atoms with van der Waals surface area (Å²) in [7, 11) is 2.05. The van der Waals surface area contributed by atoms with Crippen LogP contribution in [-0.4, -0.2) is 26.2 Å². The molecule has 0 saturated carbocycles. The van der Waals surface area contributed by atoms with Crippen molar-refractivity contribution in [2.45, 2.75) is 26.3 Å². The molecule has 0 spiro atoms. The Kier molecular flexibility index (Phi) is 2.96. The molecule has 15 heavy (non-hydrogen) atoms. The summed E-state index contributed by atoms with van der Waals surface area (Å²) in [5.74, 6) is 0. The number of aryl methyl sites for hydroxylation is 2. The Hall–Kier alpha value is -1.02. The van der Waals surface area contributed by atoms with Crippen LogP contribution >= 0.6 is 0 Å². The van der Waals surface area contributed by atoms with E-state index in [4.69, 9.17) is 0 Å². The average molecular weight is 204 g/mol. The van der Waals surface area contributed by atoms with Gasteiger partial charge in [0.2, 0.25) is 0 Å². The van der Waals surface area contributed by atoms with E-state index in [0.29, 0.717) is 6.04 Å². The summed E-state index contributed by atoms with van der Waals surface area (Å²) < 4.78 is 0. The quantitative estimate of drug-likeness (QED) is 0.793. The number of hydrogen-bond acceptors (Lipinski definition) is 2. The van der Waals surface area contributed by atoms with E-state index < -0.39 is 0 Å². The summed E-state index contributed by atoms with van der Waals surface area (Å²) in [6.07, 6.45) is 1.25. The molecule has 1 saturated heterocycles. The largest absolute Gasteiger partial charge is 0.369 e. The molecule has 1 fully saturated rings. The second-order valence-electron chi connectivity index (χ2n) is 4.46. The van der Waals surface area contributed by atoms with Crippen molar-refractivity contribution >= 4 is 5.69 Å². The standard InChI is InChI=1S/C13H20N2/c1-10-5-4-6-11(2)13(10)15-8-7-12(9-15)14-3/h4-6,12,14H,7-9H2,1-3H3. The number of nitrogens with one attached hydrogen (secondary N) is 1. The van der Waals surface area contributed by atoms with Gasteiger partial charge in [-0.1, -0.05) is 18.2 Å². The molecular weight excluding hydrogens is 184 g/mol. The van der Waals surface area contributed by atoms with Crippen LogP contribution in [0.2, 0.25) is 0 Å². The predicted molar refractivity (Wildman–Crippen MR) is 65.6 cm³/mol. The third kappa shape index (κ3) is 2.00. The summed E-state index contributed by atoms with van der Waals surface area (Å²) in [5.41, 5.74) is 4.23. The molecule has 2 rings (SSSR count). The summed E-state index contributed by atoms with van der Waals surface area (Å²) >= 11 is 0. The van der Waals surface area contributed by atoms with Crippen LogP contribution in [0, 0.1) is 13.8 Å². The summed E-state index contributed by atoms with van der Waals surface area (Å²) in [6.45, 7) is 6.73. The molecule has 0 amide bonds. The van der Waals surface area contributed by atoms with E-state index in [1.807, 2.05) is 0 Å². The lowest BCUT2D eigenvalue weighted by atomic mass is 10.1. The van der Waals surface area contributed by atoms with Crippen LogP contribution in [0.4, 0.5) is 5.69 Å². The van der Waals surface area contributed by atoms with Gasteiger partial charge in [0.05, 0.1) is 0 Å². The maximum Gasteiger partial charge on any atom is 0.0426 e. The van der Waals surface area contributed by atoms with Crippen LogP contribution in [0.3, 0.4) is 0 Å². The molecule has 0 aromatic heterocycles. The predicted octanol–water partition coefficient (Wildman–Crippen LogP) is 2.10. The Bertz CT molecular complexity index is 326. The minimum atomic E-state index is 0.656.